The fourth-order valence-electron chi connectivity index (χ4n) is 2.29. The highest BCUT2D eigenvalue weighted by molar-refractivity contribution is 7.16. The molecule has 2 aromatic rings. The number of nitrogens with zero attached hydrogens (tertiary/aromatic N) is 1. The van der Waals surface area contributed by atoms with Gasteiger partial charge in [-0.3, -0.25) is 4.79 Å². The number of nitrogen functional groups attached to an aromatic ring is 1. The van der Waals surface area contributed by atoms with E-state index in [1.54, 1.807) is 11.3 Å². The molecule has 0 aromatic carbocycles. The van der Waals surface area contributed by atoms with Crippen LogP contribution >= 0.6 is 22.7 Å². The van der Waals surface area contributed by atoms with E-state index in [1.165, 1.54) is 11.3 Å². The van der Waals surface area contributed by atoms with E-state index in [-0.39, 0.29) is 18.4 Å². The maximum absolute atomic E-state index is 11.9. The number of aliphatic hydroxyl groups is 1. The smallest absolute Gasteiger partial charge is 0.221 e. The molecule has 1 aliphatic heterocycles. The standard InChI is InChI=1S/C14H13N3O2S2/c15-14-17-10-6-16-12(19)5-9(13(10)21-14)11-4-8(7-20-11)2-1-3-18/h4,7,9,18H,3,5-6H2,(H2,15,17)(H,16,19)/t9-/m1/s1. The van der Waals surface area contributed by atoms with Crippen molar-refractivity contribution in [2.75, 3.05) is 12.3 Å². The van der Waals surface area contributed by atoms with E-state index in [1.807, 2.05) is 11.4 Å². The van der Waals surface area contributed by atoms with Gasteiger partial charge in [0.15, 0.2) is 5.13 Å². The zero-order valence-corrected chi connectivity index (χ0v) is 12.7. The molecule has 3 rings (SSSR count). The SMILES string of the molecule is Nc1nc2c(s1)[C@@H](c1cc(C#CCO)cs1)CC(=O)NC2. The lowest BCUT2D eigenvalue weighted by atomic mass is 10.0. The number of fused-ring (bicyclic) bond motifs is 1. The summed E-state index contributed by atoms with van der Waals surface area (Å²) < 4.78 is 0. The molecule has 7 heteroatoms. The number of hydrogen-bond donors (Lipinski definition) is 3. The molecular formula is C14H13N3O2S2. The van der Waals surface area contributed by atoms with Crippen LogP contribution in [0.5, 0.6) is 0 Å². The molecule has 4 N–H and O–H groups in total. The fraction of sp³-hybridized carbons (Fsp3) is 0.286. The number of amides is 1. The summed E-state index contributed by atoms with van der Waals surface area (Å²) in [6.45, 7) is 0.271. The lowest BCUT2D eigenvalue weighted by Crippen LogP contribution is -2.21. The second-order valence-electron chi connectivity index (χ2n) is 4.59. The van der Waals surface area contributed by atoms with Crippen LogP contribution in [0.1, 0.15) is 33.4 Å². The summed E-state index contributed by atoms with van der Waals surface area (Å²) in [6, 6.07) is 1.97. The van der Waals surface area contributed by atoms with Crippen molar-refractivity contribution >= 4 is 33.7 Å². The third-order valence-corrected chi connectivity index (χ3v) is 5.26. The van der Waals surface area contributed by atoms with Crippen molar-refractivity contribution < 1.29 is 9.90 Å². The second-order valence-corrected chi connectivity index (χ2v) is 6.60. The first-order chi connectivity index (χ1) is 10.2. The summed E-state index contributed by atoms with van der Waals surface area (Å²) in [4.78, 5) is 18.3. The Morgan fingerprint density at radius 2 is 2.43 bits per heavy atom. The van der Waals surface area contributed by atoms with Gasteiger partial charge in [-0.2, -0.15) is 0 Å². The summed E-state index contributed by atoms with van der Waals surface area (Å²) >= 11 is 3.01. The van der Waals surface area contributed by atoms with Crippen LogP contribution in [0.3, 0.4) is 0 Å². The van der Waals surface area contributed by atoms with Crippen LogP contribution in [0.15, 0.2) is 11.4 Å². The number of anilines is 1. The number of nitrogens with two attached hydrogens (primary N) is 1. The van der Waals surface area contributed by atoms with E-state index < -0.39 is 0 Å². The highest BCUT2D eigenvalue weighted by atomic mass is 32.1. The average Bonchev–Trinajstić information content (AvgIpc) is 3.04. The molecule has 0 saturated heterocycles. The van der Waals surface area contributed by atoms with Gasteiger partial charge in [-0.25, -0.2) is 4.98 Å². The number of aliphatic hydroxyl groups excluding tert-OH is 1. The van der Waals surface area contributed by atoms with Gasteiger partial charge in [0.05, 0.1) is 12.2 Å². The molecule has 0 aliphatic carbocycles. The van der Waals surface area contributed by atoms with Crippen molar-refractivity contribution in [1.82, 2.24) is 10.3 Å². The van der Waals surface area contributed by atoms with E-state index in [4.69, 9.17) is 10.8 Å². The van der Waals surface area contributed by atoms with E-state index in [9.17, 15) is 4.79 Å². The molecule has 0 unspecified atom stereocenters. The Labute approximate surface area is 129 Å². The number of thiophene rings is 1. The van der Waals surface area contributed by atoms with Crippen LogP contribution in [0.2, 0.25) is 0 Å². The molecule has 0 radical (unpaired) electrons. The average molecular weight is 319 g/mol. The molecule has 0 saturated carbocycles. The van der Waals surface area contributed by atoms with Crippen molar-refractivity contribution in [3.8, 4) is 11.8 Å². The summed E-state index contributed by atoms with van der Waals surface area (Å²) in [7, 11) is 0. The van der Waals surface area contributed by atoms with Crippen LogP contribution in [-0.2, 0) is 11.3 Å². The molecule has 108 valence electrons. The van der Waals surface area contributed by atoms with Crippen molar-refractivity contribution in [3.05, 3.63) is 32.5 Å². The molecule has 1 aliphatic rings. The van der Waals surface area contributed by atoms with E-state index >= 15 is 0 Å². The van der Waals surface area contributed by atoms with Crippen LogP contribution in [-0.4, -0.2) is 22.6 Å². The monoisotopic (exact) mass is 319 g/mol. The Bertz CT molecular complexity index is 739. The Kier molecular flexibility index (Phi) is 3.92. The van der Waals surface area contributed by atoms with Gasteiger partial charge in [-0.15, -0.1) is 22.7 Å². The summed E-state index contributed by atoms with van der Waals surface area (Å²) in [6.07, 6.45) is 0.391. The first-order valence-corrected chi connectivity index (χ1v) is 8.07. The van der Waals surface area contributed by atoms with Crippen LogP contribution in [0.25, 0.3) is 0 Å². The minimum atomic E-state index is -0.160. The zero-order valence-electron chi connectivity index (χ0n) is 11.0. The van der Waals surface area contributed by atoms with Crippen LogP contribution in [0, 0.1) is 11.8 Å². The molecule has 21 heavy (non-hydrogen) atoms. The summed E-state index contributed by atoms with van der Waals surface area (Å²) in [5, 5.41) is 14.1. The van der Waals surface area contributed by atoms with Crippen molar-refractivity contribution in [2.24, 2.45) is 0 Å². The zero-order chi connectivity index (χ0) is 14.8. The van der Waals surface area contributed by atoms with Gasteiger partial charge < -0.3 is 16.2 Å². The molecule has 3 heterocycles. The molecule has 5 nitrogen and oxygen atoms in total. The third-order valence-electron chi connectivity index (χ3n) is 3.18. The van der Waals surface area contributed by atoms with Gasteiger partial charge in [0.25, 0.3) is 0 Å². The Morgan fingerprint density at radius 3 is 3.24 bits per heavy atom. The molecular weight excluding hydrogens is 306 g/mol. The Hall–Kier alpha value is -1.88. The molecule has 1 atom stereocenters. The lowest BCUT2D eigenvalue weighted by molar-refractivity contribution is -0.121. The summed E-state index contributed by atoms with van der Waals surface area (Å²) in [5.41, 5.74) is 7.51. The van der Waals surface area contributed by atoms with Crippen molar-refractivity contribution in [3.63, 3.8) is 0 Å². The minimum Gasteiger partial charge on any atom is -0.384 e. The molecule has 0 bridgehead atoms. The van der Waals surface area contributed by atoms with Crippen LogP contribution < -0.4 is 11.1 Å². The highest BCUT2D eigenvalue weighted by Gasteiger charge is 2.28. The van der Waals surface area contributed by atoms with Crippen molar-refractivity contribution in [2.45, 2.75) is 18.9 Å². The number of hydrogen-bond acceptors (Lipinski definition) is 6. The maximum Gasteiger partial charge on any atom is 0.221 e. The van der Waals surface area contributed by atoms with Crippen molar-refractivity contribution in [1.29, 1.82) is 0 Å². The molecule has 0 spiro atoms. The van der Waals surface area contributed by atoms with Gasteiger partial charge in [-0.1, -0.05) is 11.8 Å². The maximum atomic E-state index is 11.9. The Balaban J connectivity index is 1.99. The second kappa shape index (κ2) is 5.85. The predicted octanol–water partition coefficient (Wildman–Crippen LogP) is 1.28. The van der Waals surface area contributed by atoms with E-state index in [0.717, 1.165) is 21.0 Å². The first kappa shape index (κ1) is 14.1. The number of aromatic nitrogens is 1. The van der Waals surface area contributed by atoms with Gasteiger partial charge in [0, 0.05) is 33.0 Å². The topological polar surface area (TPSA) is 88.2 Å². The normalized spacial score (nSPS) is 17.4. The van der Waals surface area contributed by atoms with Gasteiger partial charge in [-0.05, 0) is 6.07 Å². The highest BCUT2D eigenvalue weighted by Crippen LogP contribution is 2.39. The number of carbonyl (C=O) groups excluding carboxylic acids is 1. The van der Waals surface area contributed by atoms with Gasteiger partial charge in [0.2, 0.25) is 5.91 Å². The van der Waals surface area contributed by atoms with E-state index in [0.29, 0.717) is 18.1 Å². The largest absolute Gasteiger partial charge is 0.384 e. The molecule has 0 fully saturated rings. The first-order valence-electron chi connectivity index (χ1n) is 6.37. The van der Waals surface area contributed by atoms with Crippen LogP contribution in [0.4, 0.5) is 5.13 Å². The number of thiazole rings is 1. The Morgan fingerprint density at radius 1 is 1.57 bits per heavy atom. The fourth-order valence-corrected chi connectivity index (χ4v) is 4.28. The molecule has 1 amide bonds. The summed E-state index contributed by atoms with van der Waals surface area (Å²) in [5.74, 6) is 5.50. The third kappa shape index (κ3) is 2.93. The van der Waals surface area contributed by atoms with Gasteiger partial charge >= 0.3 is 0 Å². The molecule has 2 aromatic heterocycles. The minimum absolute atomic E-state index is 0.0140. The number of rotatable bonds is 1. The number of nitrogens with one attached hydrogen (secondary N) is 1. The van der Waals surface area contributed by atoms with E-state index in [2.05, 4.69) is 22.1 Å². The number of carbonyl (C=O) groups is 1. The predicted molar refractivity (Wildman–Crippen MR) is 83.1 cm³/mol. The lowest BCUT2D eigenvalue weighted by Gasteiger charge is -2.10. The quantitative estimate of drug-likeness (QED) is 0.691. The van der Waals surface area contributed by atoms with Gasteiger partial charge in [0.1, 0.15) is 6.61 Å².